The van der Waals surface area contributed by atoms with Crippen molar-refractivity contribution in [2.24, 2.45) is 0 Å². The van der Waals surface area contributed by atoms with Crippen LogP contribution < -0.4 is 10.6 Å². The second-order valence-corrected chi connectivity index (χ2v) is 6.91. The largest absolute Gasteiger partial charge is 0.383 e. The average Bonchev–Trinajstić information content (AvgIpc) is 2.53. The first kappa shape index (κ1) is 15.8. The van der Waals surface area contributed by atoms with Crippen molar-refractivity contribution < 1.29 is 0 Å². The van der Waals surface area contributed by atoms with E-state index in [1.165, 1.54) is 5.56 Å². The Morgan fingerprint density at radius 2 is 2.00 bits per heavy atom. The fourth-order valence-corrected chi connectivity index (χ4v) is 3.95. The lowest BCUT2D eigenvalue weighted by Crippen LogP contribution is -2.12. The lowest BCUT2D eigenvalue weighted by Gasteiger charge is -2.22. The van der Waals surface area contributed by atoms with Crippen LogP contribution in [0.2, 0.25) is 0 Å². The number of fused-ring (bicyclic) bond motifs is 1. The number of nitriles is 1. The number of rotatable bonds is 2. The monoisotopic (exact) mass is 370 g/mol. The van der Waals surface area contributed by atoms with Crippen LogP contribution in [0.3, 0.4) is 0 Å². The van der Waals surface area contributed by atoms with Gasteiger partial charge in [-0.1, -0.05) is 6.07 Å². The van der Waals surface area contributed by atoms with E-state index >= 15 is 0 Å². The highest BCUT2D eigenvalue weighted by Crippen LogP contribution is 2.38. The zero-order valence-electron chi connectivity index (χ0n) is 13.4. The number of nitrogens with zero attached hydrogens (tertiary/aromatic N) is 3. The number of nitrogen functional groups attached to an aromatic ring is 1. The molecule has 1 aliphatic carbocycles. The molecule has 0 spiro atoms. The summed E-state index contributed by atoms with van der Waals surface area (Å²) in [5.41, 5.74) is 11.9. The lowest BCUT2D eigenvalue weighted by atomic mass is 9.86. The smallest absolute Gasteiger partial charge is 0.142 e. The molecular weight excluding hydrogens is 352 g/mol. The Hall–Kier alpha value is -2.06. The van der Waals surface area contributed by atoms with Crippen molar-refractivity contribution in [3.63, 3.8) is 0 Å². The zero-order chi connectivity index (χ0) is 16.6. The van der Waals surface area contributed by atoms with Crippen molar-refractivity contribution in [2.45, 2.75) is 25.7 Å². The van der Waals surface area contributed by atoms with Crippen LogP contribution in [-0.2, 0) is 12.8 Å². The molecule has 1 aliphatic rings. The summed E-state index contributed by atoms with van der Waals surface area (Å²) in [5.74, 6) is 0.343. The highest BCUT2D eigenvalue weighted by molar-refractivity contribution is 9.10. The van der Waals surface area contributed by atoms with Gasteiger partial charge in [0.2, 0.25) is 0 Å². The van der Waals surface area contributed by atoms with Crippen LogP contribution in [0.4, 0.5) is 11.5 Å². The van der Waals surface area contributed by atoms with E-state index in [0.29, 0.717) is 11.4 Å². The number of pyridine rings is 1. The Morgan fingerprint density at radius 3 is 2.65 bits per heavy atom. The van der Waals surface area contributed by atoms with Gasteiger partial charge in [0.1, 0.15) is 17.5 Å². The summed E-state index contributed by atoms with van der Waals surface area (Å²) in [6, 6.07) is 8.45. The van der Waals surface area contributed by atoms with Gasteiger partial charge in [-0.05, 0) is 64.9 Å². The molecule has 0 atom stereocenters. The van der Waals surface area contributed by atoms with E-state index in [-0.39, 0.29) is 0 Å². The van der Waals surface area contributed by atoms with Crippen LogP contribution in [0.5, 0.6) is 0 Å². The van der Waals surface area contributed by atoms with Gasteiger partial charge in [-0.15, -0.1) is 0 Å². The van der Waals surface area contributed by atoms with Gasteiger partial charge in [0.05, 0.1) is 5.69 Å². The summed E-state index contributed by atoms with van der Waals surface area (Å²) in [4.78, 5) is 6.53. The Bertz CT molecular complexity index is 806. The summed E-state index contributed by atoms with van der Waals surface area (Å²) >= 11 is 3.63. The van der Waals surface area contributed by atoms with E-state index in [0.717, 1.165) is 52.7 Å². The molecule has 0 radical (unpaired) electrons. The van der Waals surface area contributed by atoms with Crippen LogP contribution in [0.1, 0.15) is 29.7 Å². The number of aryl methyl sites for hydroxylation is 1. The van der Waals surface area contributed by atoms with E-state index in [2.05, 4.69) is 50.1 Å². The molecular formula is C18H19BrN4. The van der Waals surface area contributed by atoms with Gasteiger partial charge in [-0.2, -0.15) is 5.26 Å². The Labute approximate surface area is 145 Å². The molecule has 0 saturated heterocycles. The number of hydrogen-bond acceptors (Lipinski definition) is 4. The van der Waals surface area contributed by atoms with Gasteiger partial charge in [-0.25, -0.2) is 4.98 Å². The molecule has 2 aromatic rings. The van der Waals surface area contributed by atoms with Crippen molar-refractivity contribution in [2.75, 3.05) is 24.7 Å². The minimum Gasteiger partial charge on any atom is -0.383 e. The summed E-state index contributed by atoms with van der Waals surface area (Å²) in [5, 5.41) is 9.58. The average molecular weight is 371 g/mol. The van der Waals surface area contributed by atoms with Gasteiger partial charge >= 0.3 is 0 Å². The van der Waals surface area contributed by atoms with E-state index < -0.39 is 0 Å². The third kappa shape index (κ3) is 2.79. The van der Waals surface area contributed by atoms with Crippen LogP contribution in [0.15, 0.2) is 22.7 Å². The molecule has 0 saturated carbocycles. The van der Waals surface area contributed by atoms with Gasteiger partial charge in [-0.3, -0.25) is 0 Å². The number of hydrogen-bond donors (Lipinski definition) is 1. The number of benzene rings is 1. The van der Waals surface area contributed by atoms with Crippen LogP contribution >= 0.6 is 15.9 Å². The Morgan fingerprint density at radius 1 is 1.26 bits per heavy atom. The highest BCUT2D eigenvalue weighted by Gasteiger charge is 2.22. The molecule has 23 heavy (non-hydrogen) atoms. The third-order valence-corrected chi connectivity index (χ3v) is 4.97. The normalized spacial score (nSPS) is 13.3. The predicted molar refractivity (Wildman–Crippen MR) is 97.5 cm³/mol. The number of aromatic nitrogens is 1. The fourth-order valence-electron chi connectivity index (χ4n) is 3.22. The molecule has 1 aromatic carbocycles. The van der Waals surface area contributed by atoms with Gasteiger partial charge in [0, 0.05) is 29.8 Å². The fraction of sp³-hybridized carbons (Fsp3) is 0.333. The highest BCUT2D eigenvalue weighted by atomic mass is 79.9. The van der Waals surface area contributed by atoms with Crippen molar-refractivity contribution in [1.29, 1.82) is 5.26 Å². The first-order valence-corrected chi connectivity index (χ1v) is 8.50. The van der Waals surface area contributed by atoms with Crippen molar-refractivity contribution in [3.05, 3.63) is 39.5 Å². The first-order chi connectivity index (χ1) is 11.0. The molecule has 2 N–H and O–H groups in total. The SMILES string of the molecule is CN(C)c1ccc(-c2c(C#N)c(N)nc3c2CCCC3)cc1Br. The minimum atomic E-state index is 0.343. The third-order valence-electron chi connectivity index (χ3n) is 4.33. The molecule has 0 aliphatic heterocycles. The molecule has 1 aromatic heterocycles. The van der Waals surface area contributed by atoms with Crippen molar-refractivity contribution >= 4 is 27.4 Å². The maximum Gasteiger partial charge on any atom is 0.142 e. The maximum atomic E-state index is 9.58. The van der Waals surface area contributed by atoms with E-state index in [1.54, 1.807) is 0 Å². The van der Waals surface area contributed by atoms with Crippen LogP contribution in [0, 0.1) is 11.3 Å². The van der Waals surface area contributed by atoms with Crippen molar-refractivity contribution in [3.8, 4) is 17.2 Å². The van der Waals surface area contributed by atoms with Crippen molar-refractivity contribution in [1.82, 2.24) is 4.98 Å². The topological polar surface area (TPSA) is 65.9 Å². The van der Waals surface area contributed by atoms with E-state index in [9.17, 15) is 5.26 Å². The quantitative estimate of drug-likeness (QED) is 0.869. The predicted octanol–water partition coefficient (Wildman–Crippen LogP) is 3.91. The summed E-state index contributed by atoms with van der Waals surface area (Å²) in [7, 11) is 4.01. The van der Waals surface area contributed by atoms with Crippen LogP contribution in [-0.4, -0.2) is 19.1 Å². The van der Waals surface area contributed by atoms with E-state index in [1.807, 2.05) is 14.1 Å². The van der Waals surface area contributed by atoms with E-state index in [4.69, 9.17) is 5.73 Å². The summed E-state index contributed by atoms with van der Waals surface area (Å²) in [6.07, 6.45) is 4.16. The molecule has 1 heterocycles. The molecule has 4 nitrogen and oxygen atoms in total. The second kappa shape index (κ2) is 6.21. The molecule has 5 heteroatoms. The maximum absolute atomic E-state index is 9.58. The van der Waals surface area contributed by atoms with Gasteiger partial charge in [0.25, 0.3) is 0 Å². The standard InChI is InChI=1S/C18H19BrN4/c1-23(2)16-8-7-11(9-14(16)19)17-12-5-3-4-6-15(12)22-18(21)13(17)10-20/h7-9H,3-6H2,1-2H3,(H2,21,22). The molecule has 118 valence electrons. The van der Waals surface area contributed by atoms with Crippen LogP contribution in [0.25, 0.3) is 11.1 Å². The minimum absolute atomic E-state index is 0.343. The first-order valence-electron chi connectivity index (χ1n) is 7.71. The molecule has 0 fully saturated rings. The Kier molecular flexibility index (Phi) is 4.27. The summed E-state index contributed by atoms with van der Waals surface area (Å²) in [6.45, 7) is 0. The Balaban J connectivity index is 2.25. The van der Waals surface area contributed by atoms with Gasteiger partial charge < -0.3 is 10.6 Å². The lowest BCUT2D eigenvalue weighted by molar-refractivity contribution is 0.670. The number of nitrogens with two attached hydrogens (primary N) is 1. The second-order valence-electron chi connectivity index (χ2n) is 6.05. The summed E-state index contributed by atoms with van der Waals surface area (Å²) < 4.78 is 1.00. The molecule has 0 bridgehead atoms. The zero-order valence-corrected chi connectivity index (χ0v) is 14.9. The molecule has 3 rings (SSSR count). The van der Waals surface area contributed by atoms with Gasteiger partial charge in [0.15, 0.2) is 0 Å². The molecule has 0 unspecified atom stereocenters. The molecule has 0 amide bonds. The number of anilines is 2. The number of halogens is 1.